The van der Waals surface area contributed by atoms with Crippen molar-refractivity contribution in [2.75, 3.05) is 33.4 Å². The fraction of sp³-hybridized carbons (Fsp3) is 0.480. The highest BCUT2D eigenvalue weighted by molar-refractivity contribution is 5.87. The van der Waals surface area contributed by atoms with Crippen LogP contribution in [0.3, 0.4) is 0 Å². The number of benzene rings is 2. The average Bonchev–Trinajstić information content (AvgIpc) is 3.47. The quantitative estimate of drug-likeness (QED) is 0.596. The van der Waals surface area contributed by atoms with Crippen LogP contribution in [0.5, 0.6) is 5.75 Å². The predicted molar refractivity (Wildman–Crippen MR) is 125 cm³/mol. The molecule has 0 saturated carbocycles. The van der Waals surface area contributed by atoms with Gasteiger partial charge in [0.1, 0.15) is 23.5 Å². The topological polar surface area (TPSA) is 81.5 Å². The lowest BCUT2D eigenvalue weighted by Gasteiger charge is -2.22. The minimum Gasteiger partial charge on any atom is -0.496 e. The number of hydrogen-bond acceptors (Lipinski definition) is 6. The molecule has 174 valence electrons. The molecule has 1 atom stereocenters. The van der Waals surface area contributed by atoms with E-state index in [9.17, 15) is 4.79 Å². The van der Waals surface area contributed by atoms with Gasteiger partial charge in [-0.1, -0.05) is 30.3 Å². The first-order valence-corrected chi connectivity index (χ1v) is 11.8. The first-order valence-electron chi connectivity index (χ1n) is 11.8. The molecule has 8 heteroatoms. The molecule has 33 heavy (non-hydrogen) atoms. The van der Waals surface area contributed by atoms with Gasteiger partial charge in [0.25, 0.3) is 0 Å². The van der Waals surface area contributed by atoms with Gasteiger partial charge in [-0.25, -0.2) is 0 Å². The molecule has 0 radical (unpaired) electrons. The number of hydrogen-bond donors (Lipinski definition) is 1. The maximum absolute atomic E-state index is 12.2. The number of nitrogens with zero attached hydrogens (tertiary/aromatic N) is 4. The van der Waals surface area contributed by atoms with Gasteiger partial charge in [0, 0.05) is 57.7 Å². The summed E-state index contributed by atoms with van der Waals surface area (Å²) in [6.45, 7) is 4.72. The summed E-state index contributed by atoms with van der Waals surface area (Å²) in [6.07, 6.45) is 2.99. The Morgan fingerprint density at radius 2 is 2.09 bits per heavy atom. The summed E-state index contributed by atoms with van der Waals surface area (Å²) < 4.78 is 13.4. The number of carbonyl (C=O) groups is 1. The fourth-order valence-corrected chi connectivity index (χ4v) is 4.86. The summed E-state index contributed by atoms with van der Waals surface area (Å²) in [4.78, 5) is 14.6. The normalized spacial score (nSPS) is 18.8. The number of methoxy groups -OCH3 is 1. The number of aromatic nitrogens is 3. The van der Waals surface area contributed by atoms with Gasteiger partial charge in [-0.3, -0.25) is 9.69 Å². The van der Waals surface area contributed by atoms with Gasteiger partial charge < -0.3 is 19.4 Å². The molecule has 3 heterocycles. The van der Waals surface area contributed by atoms with Crippen LogP contribution in [0.15, 0.2) is 36.4 Å². The number of amides is 1. The van der Waals surface area contributed by atoms with Crippen molar-refractivity contribution >= 4 is 16.7 Å². The Labute approximate surface area is 193 Å². The van der Waals surface area contributed by atoms with E-state index in [4.69, 9.17) is 9.47 Å². The molecule has 8 nitrogen and oxygen atoms in total. The second-order valence-corrected chi connectivity index (χ2v) is 8.72. The molecule has 1 amide bonds. The molecular weight excluding hydrogens is 418 g/mol. The Bertz CT molecular complexity index is 1120. The van der Waals surface area contributed by atoms with E-state index in [1.807, 2.05) is 0 Å². The molecule has 5 rings (SSSR count). The standard InChI is InChI=1S/C25H31N5O3/c1-32-21-9-8-18-5-2-3-6-19(18)20(21)17-29-13-11-24-28-27-23(30(24)15-14-29)10-12-26-25(31)22-7-4-16-33-22/h2-3,5-6,8-9,22H,4,7,10-17H2,1H3,(H,26,31)/t22-/m0/s1. The Morgan fingerprint density at radius 3 is 2.94 bits per heavy atom. The third-order valence-corrected chi connectivity index (χ3v) is 6.66. The molecule has 1 N–H and O–H groups in total. The van der Waals surface area contributed by atoms with Crippen molar-refractivity contribution in [3.63, 3.8) is 0 Å². The summed E-state index contributed by atoms with van der Waals surface area (Å²) in [6, 6.07) is 12.6. The Hall–Kier alpha value is -2.97. The molecule has 1 aromatic heterocycles. The van der Waals surface area contributed by atoms with E-state index in [-0.39, 0.29) is 12.0 Å². The highest BCUT2D eigenvalue weighted by Gasteiger charge is 2.24. The van der Waals surface area contributed by atoms with Crippen molar-refractivity contribution in [2.45, 2.75) is 44.9 Å². The van der Waals surface area contributed by atoms with E-state index < -0.39 is 0 Å². The second kappa shape index (κ2) is 9.89. The molecule has 0 unspecified atom stereocenters. The summed E-state index contributed by atoms with van der Waals surface area (Å²) in [7, 11) is 1.74. The molecule has 2 aliphatic heterocycles. The van der Waals surface area contributed by atoms with Crippen LogP contribution in [0, 0.1) is 0 Å². The van der Waals surface area contributed by atoms with Crippen molar-refractivity contribution in [3.8, 4) is 5.75 Å². The smallest absolute Gasteiger partial charge is 0.249 e. The number of nitrogens with one attached hydrogen (secondary N) is 1. The number of carbonyl (C=O) groups excluding carboxylic acids is 1. The second-order valence-electron chi connectivity index (χ2n) is 8.72. The number of ether oxygens (including phenoxy) is 2. The molecule has 1 fully saturated rings. The zero-order valence-corrected chi connectivity index (χ0v) is 19.1. The van der Waals surface area contributed by atoms with E-state index in [0.29, 0.717) is 19.6 Å². The summed E-state index contributed by atoms with van der Waals surface area (Å²) in [5.41, 5.74) is 1.23. The van der Waals surface area contributed by atoms with E-state index in [1.54, 1.807) is 7.11 Å². The largest absolute Gasteiger partial charge is 0.496 e. The van der Waals surface area contributed by atoms with E-state index in [1.165, 1.54) is 16.3 Å². The molecular formula is C25H31N5O3. The van der Waals surface area contributed by atoms with Crippen LogP contribution in [0.25, 0.3) is 10.8 Å². The highest BCUT2D eigenvalue weighted by atomic mass is 16.5. The maximum Gasteiger partial charge on any atom is 0.249 e. The van der Waals surface area contributed by atoms with Crippen LogP contribution < -0.4 is 10.1 Å². The van der Waals surface area contributed by atoms with Crippen molar-refractivity contribution in [3.05, 3.63) is 53.6 Å². The van der Waals surface area contributed by atoms with E-state index in [2.05, 4.69) is 61.4 Å². The minimum atomic E-state index is -0.292. The molecule has 1 saturated heterocycles. The van der Waals surface area contributed by atoms with Crippen LogP contribution in [0.2, 0.25) is 0 Å². The fourth-order valence-electron chi connectivity index (χ4n) is 4.86. The minimum absolute atomic E-state index is 0.0154. The first kappa shape index (κ1) is 21.9. The number of rotatable bonds is 7. The lowest BCUT2D eigenvalue weighted by molar-refractivity contribution is -0.130. The molecule has 3 aromatic rings. The summed E-state index contributed by atoms with van der Waals surface area (Å²) in [5, 5.41) is 14.3. The van der Waals surface area contributed by atoms with Crippen LogP contribution in [-0.4, -0.2) is 65.0 Å². The van der Waals surface area contributed by atoms with Gasteiger partial charge in [-0.15, -0.1) is 10.2 Å². The zero-order valence-electron chi connectivity index (χ0n) is 19.1. The van der Waals surface area contributed by atoms with Gasteiger partial charge in [0.15, 0.2) is 0 Å². The third kappa shape index (κ3) is 4.72. The van der Waals surface area contributed by atoms with Crippen molar-refractivity contribution < 1.29 is 14.3 Å². The third-order valence-electron chi connectivity index (χ3n) is 6.66. The highest BCUT2D eigenvalue weighted by Crippen LogP contribution is 2.29. The maximum atomic E-state index is 12.2. The zero-order chi connectivity index (χ0) is 22.6. The van der Waals surface area contributed by atoms with Gasteiger partial charge in [-0.05, 0) is 29.7 Å². The monoisotopic (exact) mass is 449 g/mol. The van der Waals surface area contributed by atoms with Crippen molar-refractivity contribution in [2.24, 2.45) is 0 Å². The average molecular weight is 450 g/mol. The Balaban J connectivity index is 1.23. The predicted octanol–water partition coefficient (Wildman–Crippen LogP) is 2.34. The first-order chi connectivity index (χ1) is 16.2. The van der Waals surface area contributed by atoms with Crippen molar-refractivity contribution in [1.29, 1.82) is 0 Å². The van der Waals surface area contributed by atoms with Crippen molar-refractivity contribution in [1.82, 2.24) is 25.0 Å². The van der Waals surface area contributed by atoms with Crippen LogP contribution in [0.1, 0.15) is 30.1 Å². The SMILES string of the molecule is COc1ccc2ccccc2c1CN1CCc2nnc(CCNC(=O)[C@@H]3CCCO3)n2CC1. The number of fused-ring (bicyclic) bond motifs is 2. The van der Waals surface area contributed by atoms with E-state index >= 15 is 0 Å². The van der Waals surface area contributed by atoms with Gasteiger partial charge in [0.05, 0.1) is 7.11 Å². The van der Waals surface area contributed by atoms with Crippen LogP contribution in [-0.2, 0) is 35.5 Å². The Kier molecular flexibility index (Phi) is 6.55. The summed E-state index contributed by atoms with van der Waals surface area (Å²) >= 11 is 0. The molecule has 0 aliphatic carbocycles. The van der Waals surface area contributed by atoms with E-state index in [0.717, 1.165) is 62.8 Å². The lowest BCUT2D eigenvalue weighted by atomic mass is 10.0. The lowest BCUT2D eigenvalue weighted by Crippen LogP contribution is -2.35. The molecule has 0 spiro atoms. The molecule has 2 aromatic carbocycles. The van der Waals surface area contributed by atoms with Gasteiger partial charge in [0.2, 0.25) is 5.91 Å². The van der Waals surface area contributed by atoms with Crippen LogP contribution in [0.4, 0.5) is 0 Å². The molecule has 2 aliphatic rings. The van der Waals surface area contributed by atoms with Gasteiger partial charge in [-0.2, -0.15) is 0 Å². The van der Waals surface area contributed by atoms with Gasteiger partial charge >= 0.3 is 0 Å². The van der Waals surface area contributed by atoms with Crippen LogP contribution >= 0.6 is 0 Å². The molecule has 0 bridgehead atoms. The summed E-state index contributed by atoms with van der Waals surface area (Å²) in [5.74, 6) is 2.86. The Morgan fingerprint density at radius 1 is 1.18 bits per heavy atom.